The van der Waals surface area contributed by atoms with E-state index in [1.54, 1.807) is 17.3 Å². The predicted octanol–water partition coefficient (Wildman–Crippen LogP) is 4.85. The number of hydrogen-bond donors (Lipinski definition) is 0. The molecule has 0 bridgehead atoms. The second-order valence-electron chi connectivity index (χ2n) is 8.19. The van der Waals surface area contributed by atoms with E-state index in [1.165, 1.54) is 29.0 Å². The lowest BCUT2D eigenvalue weighted by Crippen LogP contribution is -2.35. The summed E-state index contributed by atoms with van der Waals surface area (Å²) in [5.41, 5.74) is 2.02. The minimum atomic E-state index is -4.68. The Hall–Kier alpha value is -2.43. The zero-order chi connectivity index (χ0) is 23.6. The minimum Gasteiger partial charge on any atom is -0.370 e. The van der Waals surface area contributed by atoms with Gasteiger partial charge in [0.25, 0.3) is 0 Å². The van der Waals surface area contributed by atoms with Crippen LogP contribution in [0.3, 0.4) is 0 Å². The number of anilines is 1. The van der Waals surface area contributed by atoms with Crippen molar-refractivity contribution in [1.82, 2.24) is 9.88 Å². The van der Waals surface area contributed by atoms with Crippen molar-refractivity contribution in [1.29, 1.82) is 0 Å². The van der Waals surface area contributed by atoms with Gasteiger partial charge in [-0.15, -0.1) is 11.3 Å². The van der Waals surface area contributed by atoms with Crippen LogP contribution in [0.15, 0.2) is 64.3 Å². The molecule has 0 N–H and O–H groups in total. The molecule has 0 aliphatic carbocycles. The maximum atomic E-state index is 14.0. The van der Waals surface area contributed by atoms with E-state index in [4.69, 9.17) is 0 Å². The van der Waals surface area contributed by atoms with E-state index in [2.05, 4.69) is 9.88 Å². The highest BCUT2D eigenvalue weighted by atomic mass is 32.2. The van der Waals surface area contributed by atoms with Crippen LogP contribution >= 0.6 is 11.3 Å². The average molecular weight is 496 g/mol. The first-order chi connectivity index (χ1) is 15.6. The maximum Gasteiger partial charge on any atom is 0.418 e. The summed E-state index contributed by atoms with van der Waals surface area (Å²) >= 11 is 1.24. The number of thiazole rings is 1. The molecule has 1 saturated heterocycles. The number of rotatable bonds is 7. The lowest BCUT2D eigenvalue weighted by molar-refractivity contribution is -0.137. The molecule has 3 aromatic rings. The lowest BCUT2D eigenvalue weighted by atomic mass is 10.1. The summed E-state index contributed by atoms with van der Waals surface area (Å²) in [5, 5.41) is 1.58. The standard InChI is InChI=1S/C23H24F3N3O2S2/c1-28(19-9-10-29(13-19)12-17-5-3-2-4-6-17)22-8-7-20(11-21(22)23(24,25)26)33(30,31)15-18-14-32-16-27-18/h2-8,11,14,16,19H,9-10,12-13,15H2,1H3/t19-/m0/s1. The number of nitrogens with zero attached hydrogens (tertiary/aromatic N) is 3. The molecule has 1 aliphatic rings. The Bertz CT molecular complexity index is 1180. The van der Waals surface area contributed by atoms with Crippen molar-refractivity contribution in [2.24, 2.45) is 0 Å². The van der Waals surface area contributed by atoms with Gasteiger partial charge >= 0.3 is 6.18 Å². The molecule has 0 saturated carbocycles. The summed E-state index contributed by atoms with van der Waals surface area (Å²) in [6.07, 6.45) is -3.96. The van der Waals surface area contributed by atoms with E-state index >= 15 is 0 Å². The normalized spacial score (nSPS) is 17.4. The van der Waals surface area contributed by atoms with E-state index in [0.717, 1.165) is 31.1 Å². The maximum absolute atomic E-state index is 14.0. The van der Waals surface area contributed by atoms with Crippen molar-refractivity contribution in [3.63, 3.8) is 0 Å². The number of halogens is 3. The molecule has 1 aromatic heterocycles. The van der Waals surface area contributed by atoms with Crippen molar-refractivity contribution in [3.05, 3.63) is 76.2 Å². The second-order valence-corrected chi connectivity index (χ2v) is 10.9. The highest BCUT2D eigenvalue weighted by molar-refractivity contribution is 7.90. The Morgan fingerprint density at radius 2 is 1.94 bits per heavy atom. The first kappa shape index (κ1) is 23.7. The van der Waals surface area contributed by atoms with Crippen LogP contribution in [0.4, 0.5) is 18.9 Å². The molecule has 1 atom stereocenters. The molecule has 5 nitrogen and oxygen atoms in total. The van der Waals surface area contributed by atoms with Gasteiger partial charge < -0.3 is 4.90 Å². The quantitative estimate of drug-likeness (QED) is 0.469. The molecule has 1 fully saturated rings. The Balaban J connectivity index is 1.55. The highest BCUT2D eigenvalue weighted by Gasteiger charge is 2.38. The molecule has 0 radical (unpaired) electrons. The summed E-state index contributed by atoms with van der Waals surface area (Å²) in [6, 6.07) is 13.1. The van der Waals surface area contributed by atoms with E-state index in [9.17, 15) is 21.6 Å². The Morgan fingerprint density at radius 3 is 2.61 bits per heavy atom. The Labute approximate surface area is 195 Å². The van der Waals surface area contributed by atoms with Gasteiger partial charge in [0.1, 0.15) is 0 Å². The van der Waals surface area contributed by atoms with Gasteiger partial charge in [0, 0.05) is 43.8 Å². The van der Waals surface area contributed by atoms with Gasteiger partial charge in [0.15, 0.2) is 9.84 Å². The summed E-state index contributed by atoms with van der Waals surface area (Å²) < 4.78 is 67.3. The summed E-state index contributed by atoms with van der Waals surface area (Å²) in [5.74, 6) is -0.431. The smallest absolute Gasteiger partial charge is 0.370 e. The van der Waals surface area contributed by atoms with Crippen LogP contribution < -0.4 is 4.90 Å². The fraction of sp³-hybridized carbons (Fsp3) is 0.348. The molecule has 33 heavy (non-hydrogen) atoms. The van der Waals surface area contributed by atoms with E-state index in [0.29, 0.717) is 12.2 Å². The van der Waals surface area contributed by atoms with Gasteiger partial charge in [0.05, 0.1) is 27.4 Å². The van der Waals surface area contributed by atoms with Crippen molar-refractivity contribution >= 4 is 26.9 Å². The molecule has 0 amide bonds. The van der Waals surface area contributed by atoms with Crippen molar-refractivity contribution in [3.8, 4) is 0 Å². The number of aromatic nitrogens is 1. The Kier molecular flexibility index (Phi) is 6.78. The molecule has 0 spiro atoms. The van der Waals surface area contributed by atoms with Crippen molar-refractivity contribution in [2.45, 2.75) is 35.8 Å². The van der Waals surface area contributed by atoms with Crippen molar-refractivity contribution < 1.29 is 21.6 Å². The third kappa shape index (κ3) is 5.56. The number of alkyl halides is 3. The topological polar surface area (TPSA) is 53.5 Å². The van der Waals surface area contributed by atoms with E-state index in [1.807, 2.05) is 30.3 Å². The fourth-order valence-corrected chi connectivity index (χ4v) is 6.09. The van der Waals surface area contributed by atoms with Crippen LogP contribution in [0.25, 0.3) is 0 Å². The van der Waals surface area contributed by atoms with Crippen LogP contribution in [0.1, 0.15) is 23.2 Å². The molecule has 0 unspecified atom stereocenters. The van der Waals surface area contributed by atoms with Gasteiger partial charge in [-0.3, -0.25) is 4.90 Å². The first-order valence-corrected chi connectivity index (χ1v) is 13.0. The lowest BCUT2D eigenvalue weighted by Gasteiger charge is -2.30. The predicted molar refractivity (Wildman–Crippen MR) is 123 cm³/mol. The molecule has 1 aliphatic heterocycles. The molecule has 10 heteroatoms. The molecular formula is C23H24F3N3O2S2. The van der Waals surface area contributed by atoms with Crippen LogP contribution in [0.5, 0.6) is 0 Å². The number of likely N-dealkylation sites (tertiary alicyclic amines) is 1. The van der Waals surface area contributed by atoms with Gasteiger partial charge in [-0.2, -0.15) is 13.2 Å². The fourth-order valence-electron chi connectivity index (χ4n) is 4.14. The van der Waals surface area contributed by atoms with E-state index in [-0.39, 0.29) is 16.6 Å². The average Bonchev–Trinajstić information content (AvgIpc) is 3.45. The first-order valence-electron chi connectivity index (χ1n) is 10.4. The third-order valence-electron chi connectivity index (χ3n) is 5.88. The summed E-state index contributed by atoms with van der Waals surface area (Å²) in [6.45, 7) is 2.16. The van der Waals surface area contributed by atoms with Crippen LogP contribution in [0.2, 0.25) is 0 Å². The number of benzene rings is 2. The van der Waals surface area contributed by atoms with Gasteiger partial charge in [0.2, 0.25) is 0 Å². The monoisotopic (exact) mass is 495 g/mol. The van der Waals surface area contributed by atoms with Gasteiger partial charge in [-0.05, 0) is 30.2 Å². The zero-order valence-corrected chi connectivity index (χ0v) is 19.6. The van der Waals surface area contributed by atoms with Gasteiger partial charge in [-0.1, -0.05) is 30.3 Å². The zero-order valence-electron chi connectivity index (χ0n) is 18.0. The number of sulfone groups is 1. The van der Waals surface area contributed by atoms with Crippen LogP contribution in [-0.2, 0) is 28.3 Å². The Morgan fingerprint density at radius 1 is 1.18 bits per heavy atom. The number of likely N-dealkylation sites (N-methyl/N-ethyl adjacent to an activating group) is 1. The third-order valence-corrected chi connectivity index (χ3v) is 8.16. The van der Waals surface area contributed by atoms with Gasteiger partial charge in [-0.25, -0.2) is 13.4 Å². The highest BCUT2D eigenvalue weighted by Crippen LogP contribution is 2.39. The molecule has 2 aromatic carbocycles. The minimum absolute atomic E-state index is 0.0123. The molecule has 2 heterocycles. The largest absolute Gasteiger partial charge is 0.418 e. The molecular weight excluding hydrogens is 471 g/mol. The van der Waals surface area contributed by atoms with Crippen LogP contribution in [-0.4, -0.2) is 44.5 Å². The summed E-state index contributed by atoms with van der Waals surface area (Å²) in [7, 11) is -2.31. The number of hydrogen-bond acceptors (Lipinski definition) is 6. The second kappa shape index (κ2) is 9.44. The van der Waals surface area contributed by atoms with Crippen molar-refractivity contribution in [2.75, 3.05) is 25.0 Å². The van der Waals surface area contributed by atoms with E-state index < -0.39 is 27.3 Å². The SMILES string of the molecule is CN(c1ccc(S(=O)(=O)Cc2cscn2)cc1C(F)(F)F)[C@H]1CCN(Cc2ccccc2)C1. The molecule has 176 valence electrons. The summed E-state index contributed by atoms with van der Waals surface area (Å²) in [4.78, 5) is 7.44. The molecule has 4 rings (SSSR count). The van der Waals surface area contributed by atoms with Crippen LogP contribution in [0, 0.1) is 0 Å².